The average Bonchev–Trinajstić information content (AvgIpc) is 0.689. The van der Waals surface area contributed by atoms with Crippen molar-refractivity contribution in [2.24, 2.45) is 0 Å². The Balaban J connectivity index is 0.947. The largest absolute Gasteiger partial charge is 0.311 e. The van der Waals surface area contributed by atoms with Gasteiger partial charge < -0.3 is 19.6 Å². The van der Waals surface area contributed by atoms with Gasteiger partial charge >= 0.3 is 0 Å². The summed E-state index contributed by atoms with van der Waals surface area (Å²) in [7, 11) is 0. The summed E-state index contributed by atoms with van der Waals surface area (Å²) in [6.45, 7) is 14.0. The molecule has 0 aliphatic carbocycles. The number of para-hydroxylation sites is 4. The second-order valence-corrected chi connectivity index (χ2v) is 28.0. The summed E-state index contributed by atoms with van der Waals surface area (Å²) in [5.74, 6) is 0. The lowest BCUT2D eigenvalue weighted by atomic mass is 9.30. The van der Waals surface area contributed by atoms with Gasteiger partial charge in [-0.1, -0.05) is 230 Å². The zero-order valence-electron chi connectivity index (χ0n) is 52.5. The average molecular weight is 1180 g/mol. The Hall–Kier alpha value is -10.8. The Morgan fingerprint density at radius 2 is 0.489 bits per heavy atom. The van der Waals surface area contributed by atoms with Crippen molar-refractivity contribution >= 4 is 179 Å². The van der Waals surface area contributed by atoms with Crippen LogP contribution in [-0.4, -0.2) is 13.4 Å². The fourth-order valence-corrected chi connectivity index (χ4v) is 16.6. The van der Waals surface area contributed by atoms with Gasteiger partial charge in [0.25, 0.3) is 13.4 Å². The van der Waals surface area contributed by atoms with Crippen molar-refractivity contribution in [2.75, 3.05) is 19.6 Å². The van der Waals surface area contributed by atoms with Gasteiger partial charge in [-0.2, -0.15) is 0 Å². The van der Waals surface area contributed by atoms with Crippen LogP contribution < -0.4 is 52.4 Å². The van der Waals surface area contributed by atoms with E-state index in [1.54, 1.807) is 0 Å². The normalized spacial score (nSPS) is 13.8. The molecule has 434 valence electrons. The second-order valence-electron chi connectivity index (χ2n) is 28.0. The summed E-state index contributed by atoms with van der Waals surface area (Å²) in [5, 5.41) is 15.2. The molecule has 0 spiro atoms. The Morgan fingerprint density at radius 1 is 0.207 bits per heavy atom. The molecule has 4 aliphatic heterocycles. The molecule has 92 heavy (non-hydrogen) atoms. The molecule has 6 heteroatoms. The van der Waals surface area contributed by atoms with Crippen LogP contribution in [-0.2, 0) is 10.8 Å². The van der Waals surface area contributed by atoms with E-state index in [0.29, 0.717) is 0 Å². The smallest absolute Gasteiger partial charge is 0.252 e. The van der Waals surface area contributed by atoms with E-state index in [1.165, 1.54) is 154 Å². The maximum absolute atomic E-state index is 2.68. The van der Waals surface area contributed by atoms with E-state index in [1.807, 2.05) is 0 Å². The maximum atomic E-state index is 2.68. The van der Waals surface area contributed by atoms with E-state index in [9.17, 15) is 0 Å². The lowest BCUT2D eigenvalue weighted by molar-refractivity contribution is 0.590. The Labute approximate surface area is 538 Å². The van der Waals surface area contributed by atoms with Gasteiger partial charge in [-0.15, -0.1) is 0 Å². The monoisotopic (exact) mass is 1170 g/mol. The quantitative estimate of drug-likeness (QED) is 0.129. The highest BCUT2D eigenvalue weighted by Gasteiger charge is 2.49. The lowest BCUT2D eigenvalue weighted by Crippen LogP contribution is -2.65. The summed E-state index contributed by atoms with van der Waals surface area (Å²) < 4.78 is 0. The number of hydrogen-bond donors (Lipinski definition) is 0. The van der Waals surface area contributed by atoms with Crippen LogP contribution in [0.25, 0.3) is 64.6 Å². The molecule has 0 atom stereocenters. The molecular weight excluding hydrogens is 1110 g/mol. The molecule has 0 N–H and O–H groups in total. The van der Waals surface area contributed by atoms with Gasteiger partial charge in [-0.3, -0.25) is 0 Å². The number of anilines is 12. The van der Waals surface area contributed by atoms with Crippen LogP contribution in [0.4, 0.5) is 68.2 Å². The van der Waals surface area contributed by atoms with Gasteiger partial charge in [0.2, 0.25) is 0 Å². The van der Waals surface area contributed by atoms with Gasteiger partial charge in [-0.25, -0.2) is 0 Å². The molecule has 0 unspecified atom stereocenters. The molecule has 0 bridgehead atoms. The van der Waals surface area contributed by atoms with Crippen molar-refractivity contribution in [2.45, 2.75) is 52.4 Å². The number of fused-ring (bicyclic) bond motifs is 20. The van der Waals surface area contributed by atoms with Gasteiger partial charge in [0.15, 0.2) is 0 Å². The number of rotatable bonds is 4. The number of hydrogen-bond acceptors (Lipinski definition) is 4. The van der Waals surface area contributed by atoms with Crippen molar-refractivity contribution in [3.63, 3.8) is 0 Å². The molecule has 4 nitrogen and oxygen atoms in total. The van der Waals surface area contributed by atoms with Crippen molar-refractivity contribution in [1.29, 1.82) is 0 Å². The Bertz CT molecular complexity index is 5600. The van der Waals surface area contributed by atoms with Gasteiger partial charge in [0.1, 0.15) is 0 Å². The first kappa shape index (κ1) is 53.1. The lowest BCUT2D eigenvalue weighted by Gasteiger charge is -2.48. The molecule has 0 saturated carbocycles. The summed E-state index contributed by atoms with van der Waals surface area (Å²) >= 11 is 0. The zero-order valence-corrected chi connectivity index (χ0v) is 52.5. The van der Waals surface area contributed by atoms with Crippen LogP contribution in [0.3, 0.4) is 0 Å². The fraction of sp³-hybridized carbons (Fsp3) is 0.0930. The predicted molar refractivity (Wildman–Crippen MR) is 397 cm³/mol. The van der Waals surface area contributed by atoms with Gasteiger partial charge in [-0.05, 0) is 210 Å². The molecule has 0 amide bonds. The molecule has 0 radical (unpaired) electrons. The first-order chi connectivity index (χ1) is 44.9. The van der Waals surface area contributed by atoms with E-state index in [4.69, 9.17) is 0 Å². The molecule has 0 saturated heterocycles. The molecular formula is C86H64B2N4. The highest BCUT2D eigenvalue weighted by atomic mass is 15.2. The molecule has 15 aromatic rings. The molecule has 0 aromatic heterocycles. The highest BCUT2D eigenvalue weighted by Crippen LogP contribution is 2.52. The first-order valence-electron chi connectivity index (χ1n) is 32.6. The predicted octanol–water partition coefficient (Wildman–Crippen LogP) is 19.4. The van der Waals surface area contributed by atoms with E-state index in [-0.39, 0.29) is 24.3 Å². The summed E-state index contributed by atoms with van der Waals surface area (Å²) in [6.07, 6.45) is 0. The maximum Gasteiger partial charge on any atom is 0.252 e. The summed E-state index contributed by atoms with van der Waals surface area (Å²) in [6, 6.07) is 107. The SMILES string of the molecule is CC(C)(C)c1cc2c3c(c1)N(c1ccccc1)c1cc4c(cc1B3c1ccccc1N2c1ccccc1)B1c2ccccc2N(c2ccc3c5ccccc5c5ccccc5c3c2)c2cc(C(C)(C)C)cc(c21)N4c1ccc2c3ccccc3c3ccccc3c2c1. The molecule has 19 rings (SSSR count). The number of nitrogens with zero attached hydrogens (tertiary/aromatic N) is 4. The van der Waals surface area contributed by atoms with Crippen LogP contribution in [0.5, 0.6) is 0 Å². The summed E-state index contributed by atoms with van der Waals surface area (Å²) in [4.78, 5) is 10.5. The Morgan fingerprint density at radius 3 is 0.848 bits per heavy atom. The van der Waals surface area contributed by atoms with Crippen molar-refractivity contribution in [1.82, 2.24) is 0 Å². The second kappa shape index (κ2) is 19.4. The van der Waals surface area contributed by atoms with Crippen molar-refractivity contribution in [3.8, 4) is 0 Å². The Kier molecular flexibility index (Phi) is 11.2. The third kappa shape index (κ3) is 7.55. The molecule has 4 heterocycles. The first-order valence-corrected chi connectivity index (χ1v) is 32.6. The molecule has 4 aliphatic rings. The minimum Gasteiger partial charge on any atom is -0.311 e. The fourth-order valence-electron chi connectivity index (χ4n) is 16.6. The molecule has 15 aromatic carbocycles. The van der Waals surface area contributed by atoms with Gasteiger partial charge in [0.05, 0.1) is 0 Å². The zero-order chi connectivity index (χ0) is 61.5. The number of benzene rings is 15. The van der Waals surface area contributed by atoms with Crippen molar-refractivity contribution in [3.05, 3.63) is 290 Å². The topological polar surface area (TPSA) is 13.0 Å². The van der Waals surface area contributed by atoms with Crippen LogP contribution in [0, 0.1) is 0 Å². The highest BCUT2D eigenvalue weighted by molar-refractivity contribution is 7.03. The van der Waals surface area contributed by atoms with Crippen LogP contribution in [0.1, 0.15) is 52.7 Å². The third-order valence-electron chi connectivity index (χ3n) is 20.8. The standard InChI is InChI=1S/C86H64B2N4/c1-85(2,3)53-45-79-83-80(46-53)90(56-27-11-8-12-28-56)77-52-78-74(51-73(77)87(83)71-37-21-23-39-75(71)89(79)55-25-9-7-10-26-55)88-72-38-22-24-40-76(72)91(57-41-43-67-63-33-15-13-29-59(63)61-31-17-19-35-65(61)69(67)49-57)81-47-54(86(4,5)6)48-82(84(81)88)92(78)58-42-44-68-64-34-16-14-30-60(64)62-32-18-20-36-66(62)70(68)50-58/h7-52H,1-6H3. The van der Waals surface area contributed by atoms with Crippen LogP contribution >= 0.6 is 0 Å². The van der Waals surface area contributed by atoms with E-state index >= 15 is 0 Å². The molecule has 0 fully saturated rings. The van der Waals surface area contributed by atoms with Crippen LogP contribution in [0.2, 0.25) is 0 Å². The third-order valence-corrected chi connectivity index (χ3v) is 20.8. The van der Waals surface area contributed by atoms with E-state index < -0.39 is 0 Å². The van der Waals surface area contributed by atoms with Gasteiger partial charge in [0, 0.05) is 68.2 Å². The minimum atomic E-state index is -0.221. The summed E-state index contributed by atoms with van der Waals surface area (Å²) in [5.41, 5.74) is 24.2. The van der Waals surface area contributed by atoms with Crippen LogP contribution in [0.15, 0.2) is 279 Å². The van der Waals surface area contributed by atoms with Crippen molar-refractivity contribution < 1.29 is 0 Å². The van der Waals surface area contributed by atoms with E-state index in [0.717, 1.165) is 22.7 Å². The van der Waals surface area contributed by atoms with E-state index in [2.05, 4.69) is 340 Å². The minimum absolute atomic E-state index is 0.0952.